The number of amides is 1. The van der Waals surface area contributed by atoms with Crippen LogP contribution in [0.5, 0.6) is 0 Å². The highest BCUT2D eigenvalue weighted by atomic mass is 16.2. The van der Waals surface area contributed by atoms with Gasteiger partial charge in [0.15, 0.2) is 0 Å². The van der Waals surface area contributed by atoms with Crippen molar-refractivity contribution >= 4 is 5.91 Å². The van der Waals surface area contributed by atoms with Crippen molar-refractivity contribution in [2.24, 2.45) is 0 Å². The molecule has 0 bridgehead atoms. The van der Waals surface area contributed by atoms with E-state index in [4.69, 9.17) is 0 Å². The first-order chi connectivity index (χ1) is 11.9. The van der Waals surface area contributed by atoms with Crippen molar-refractivity contribution in [2.45, 2.75) is 50.6 Å². The maximum Gasteiger partial charge on any atom is 0.236 e. The molecular formula is C21H33N3O. The molecule has 1 amide bonds. The zero-order valence-corrected chi connectivity index (χ0v) is 16.2. The largest absolute Gasteiger partial charge is 0.342 e. The Balaban J connectivity index is 1.57. The summed E-state index contributed by atoms with van der Waals surface area (Å²) in [5, 5.41) is 0. The van der Waals surface area contributed by atoms with Crippen LogP contribution in [0.2, 0.25) is 0 Å². The summed E-state index contributed by atoms with van der Waals surface area (Å²) in [6.45, 7) is 7.92. The highest BCUT2D eigenvalue weighted by molar-refractivity contribution is 5.78. The van der Waals surface area contributed by atoms with Crippen molar-refractivity contribution in [1.82, 2.24) is 14.7 Å². The average molecular weight is 344 g/mol. The smallest absolute Gasteiger partial charge is 0.236 e. The molecule has 2 heterocycles. The van der Waals surface area contributed by atoms with E-state index < -0.39 is 0 Å². The van der Waals surface area contributed by atoms with Gasteiger partial charge in [0.05, 0.1) is 6.54 Å². The Morgan fingerprint density at radius 1 is 1.24 bits per heavy atom. The monoisotopic (exact) mass is 343 g/mol. The molecule has 3 rings (SSSR count). The minimum atomic E-state index is 0.243. The van der Waals surface area contributed by atoms with Crippen LogP contribution >= 0.6 is 0 Å². The second-order valence-corrected chi connectivity index (χ2v) is 8.29. The summed E-state index contributed by atoms with van der Waals surface area (Å²) in [5.74, 6) is 0.888. The topological polar surface area (TPSA) is 26.8 Å². The summed E-state index contributed by atoms with van der Waals surface area (Å²) in [5.41, 5.74) is 1.80. The van der Waals surface area contributed by atoms with Crippen LogP contribution in [-0.2, 0) is 4.79 Å². The molecule has 1 aromatic carbocycles. The van der Waals surface area contributed by atoms with Crippen molar-refractivity contribution in [1.29, 1.82) is 0 Å². The normalized spacial score (nSPS) is 24.1. The predicted molar refractivity (Wildman–Crippen MR) is 103 cm³/mol. The number of nitrogens with zero attached hydrogens (tertiary/aromatic N) is 3. The van der Waals surface area contributed by atoms with Crippen LogP contribution in [0.1, 0.15) is 44.6 Å². The number of rotatable bonds is 4. The van der Waals surface area contributed by atoms with Crippen LogP contribution in [0.4, 0.5) is 0 Å². The van der Waals surface area contributed by atoms with Gasteiger partial charge < -0.3 is 4.90 Å². The molecule has 138 valence electrons. The molecule has 0 radical (unpaired) electrons. The second-order valence-electron chi connectivity index (χ2n) is 8.29. The quantitative estimate of drug-likeness (QED) is 0.841. The number of benzene rings is 1. The van der Waals surface area contributed by atoms with Crippen molar-refractivity contribution in [3.8, 4) is 0 Å². The number of piperidine rings is 1. The Bertz CT molecular complexity index is 578. The molecule has 0 N–H and O–H groups in total. The Kier molecular flexibility index (Phi) is 5.49. The van der Waals surface area contributed by atoms with Crippen LogP contribution in [0, 0.1) is 0 Å². The molecule has 4 heteroatoms. The van der Waals surface area contributed by atoms with E-state index in [1.807, 2.05) is 11.9 Å². The Morgan fingerprint density at radius 2 is 1.88 bits per heavy atom. The van der Waals surface area contributed by atoms with Gasteiger partial charge in [-0.15, -0.1) is 0 Å². The minimum absolute atomic E-state index is 0.243. The molecular weight excluding hydrogens is 310 g/mol. The molecule has 1 unspecified atom stereocenters. The molecule has 0 aromatic heterocycles. The van der Waals surface area contributed by atoms with Crippen molar-refractivity contribution in [3.05, 3.63) is 35.9 Å². The average Bonchev–Trinajstić information content (AvgIpc) is 2.93. The first-order valence-electron chi connectivity index (χ1n) is 9.65. The van der Waals surface area contributed by atoms with Gasteiger partial charge in [-0.05, 0) is 51.6 Å². The molecule has 1 aromatic rings. The molecule has 2 aliphatic heterocycles. The van der Waals surface area contributed by atoms with Gasteiger partial charge >= 0.3 is 0 Å². The lowest BCUT2D eigenvalue weighted by Gasteiger charge is -2.43. The van der Waals surface area contributed by atoms with Crippen LogP contribution in [0.25, 0.3) is 0 Å². The van der Waals surface area contributed by atoms with Crippen LogP contribution in [-0.4, -0.2) is 72.5 Å². The third-order valence-corrected chi connectivity index (χ3v) is 6.51. The third kappa shape index (κ3) is 3.90. The van der Waals surface area contributed by atoms with Crippen LogP contribution in [0.3, 0.4) is 0 Å². The summed E-state index contributed by atoms with van der Waals surface area (Å²) < 4.78 is 0. The maximum atomic E-state index is 12.3. The van der Waals surface area contributed by atoms with E-state index in [1.54, 1.807) is 0 Å². The molecule has 25 heavy (non-hydrogen) atoms. The molecule has 1 atom stereocenters. The summed E-state index contributed by atoms with van der Waals surface area (Å²) in [6, 6.07) is 11.2. The zero-order chi connectivity index (χ0) is 18.0. The first-order valence-corrected chi connectivity index (χ1v) is 9.65. The molecule has 4 nitrogen and oxygen atoms in total. The molecule has 2 fully saturated rings. The third-order valence-electron chi connectivity index (χ3n) is 6.51. The lowest BCUT2D eigenvalue weighted by molar-refractivity contribution is -0.133. The minimum Gasteiger partial charge on any atom is -0.342 e. The number of hydrogen-bond donors (Lipinski definition) is 0. The fourth-order valence-corrected chi connectivity index (χ4v) is 4.46. The highest BCUT2D eigenvalue weighted by Crippen LogP contribution is 2.43. The van der Waals surface area contributed by atoms with E-state index in [0.29, 0.717) is 18.0 Å². The number of likely N-dealkylation sites (tertiary alicyclic amines) is 2. The van der Waals surface area contributed by atoms with Gasteiger partial charge in [-0.1, -0.05) is 30.3 Å². The van der Waals surface area contributed by atoms with Crippen molar-refractivity contribution < 1.29 is 4.79 Å². The van der Waals surface area contributed by atoms with Gasteiger partial charge in [-0.25, -0.2) is 0 Å². The summed E-state index contributed by atoms with van der Waals surface area (Å²) in [4.78, 5) is 19.1. The SMILES string of the molecule is CC(C)N(C)C(=O)CN1CCC2(CC1)CC(c1ccccc1)CN2C. The standard InChI is InChI=1S/C21H33N3O/c1-17(2)23(4)20(25)16-24-12-10-21(11-13-24)14-19(15-22(21)3)18-8-6-5-7-9-18/h5-9,17,19H,10-16H2,1-4H3. The molecule has 2 aliphatic rings. The molecule has 0 aliphatic carbocycles. The fourth-order valence-electron chi connectivity index (χ4n) is 4.46. The maximum absolute atomic E-state index is 12.3. The van der Waals surface area contributed by atoms with E-state index in [0.717, 1.165) is 19.6 Å². The van der Waals surface area contributed by atoms with Gasteiger partial charge in [0.2, 0.25) is 5.91 Å². The lowest BCUT2D eigenvalue weighted by Crippen LogP contribution is -2.52. The van der Waals surface area contributed by atoms with Gasteiger partial charge in [0, 0.05) is 38.3 Å². The van der Waals surface area contributed by atoms with E-state index in [-0.39, 0.29) is 11.9 Å². The van der Waals surface area contributed by atoms with E-state index in [1.165, 1.54) is 24.8 Å². The van der Waals surface area contributed by atoms with E-state index in [2.05, 4.69) is 61.0 Å². The Labute approximate surface area is 152 Å². The molecule has 0 saturated carbocycles. The van der Waals surface area contributed by atoms with Gasteiger partial charge in [0.1, 0.15) is 0 Å². The van der Waals surface area contributed by atoms with Crippen molar-refractivity contribution in [3.63, 3.8) is 0 Å². The van der Waals surface area contributed by atoms with E-state index in [9.17, 15) is 4.79 Å². The van der Waals surface area contributed by atoms with E-state index >= 15 is 0 Å². The van der Waals surface area contributed by atoms with Crippen LogP contribution < -0.4 is 0 Å². The number of likely N-dealkylation sites (N-methyl/N-ethyl adjacent to an activating group) is 2. The van der Waals surface area contributed by atoms with Crippen molar-refractivity contribution in [2.75, 3.05) is 40.3 Å². The van der Waals surface area contributed by atoms with Crippen LogP contribution in [0.15, 0.2) is 30.3 Å². The predicted octanol–water partition coefficient (Wildman–Crippen LogP) is 2.81. The first kappa shape index (κ1) is 18.4. The van der Waals surface area contributed by atoms with Gasteiger partial charge in [-0.2, -0.15) is 0 Å². The van der Waals surface area contributed by atoms with Gasteiger partial charge in [0.25, 0.3) is 0 Å². The zero-order valence-electron chi connectivity index (χ0n) is 16.2. The van der Waals surface area contributed by atoms with Gasteiger partial charge in [-0.3, -0.25) is 14.6 Å². The Morgan fingerprint density at radius 3 is 2.48 bits per heavy atom. The fraction of sp³-hybridized carbons (Fsp3) is 0.667. The second kappa shape index (κ2) is 7.46. The summed E-state index contributed by atoms with van der Waals surface area (Å²) in [6.07, 6.45) is 3.60. The molecule has 2 saturated heterocycles. The lowest BCUT2D eigenvalue weighted by atomic mass is 9.81. The number of hydrogen-bond acceptors (Lipinski definition) is 3. The summed E-state index contributed by atoms with van der Waals surface area (Å²) >= 11 is 0. The molecule has 1 spiro atoms. The number of carbonyl (C=O) groups is 1. The summed E-state index contributed by atoms with van der Waals surface area (Å²) in [7, 11) is 4.20. The Hall–Kier alpha value is -1.39. The number of carbonyl (C=O) groups excluding carboxylic acids is 1. The highest BCUT2D eigenvalue weighted by Gasteiger charge is 2.45.